The molecule has 0 aliphatic carbocycles. The van der Waals surface area contributed by atoms with E-state index >= 15 is 0 Å². The summed E-state index contributed by atoms with van der Waals surface area (Å²) in [4.78, 5) is 11.9. The van der Waals surface area contributed by atoms with E-state index in [1.54, 1.807) is 6.20 Å². The summed E-state index contributed by atoms with van der Waals surface area (Å²) in [5.41, 5.74) is 5.34. The fourth-order valence-electron chi connectivity index (χ4n) is 1.06. The maximum atomic E-state index is 7.27. The monoisotopic (exact) mass is 444 g/mol. The molecule has 2 aromatic heterocycles. The van der Waals surface area contributed by atoms with Crippen LogP contribution in [0.1, 0.15) is 0 Å². The van der Waals surface area contributed by atoms with Crippen LogP contribution in [0.25, 0.3) is 0 Å². The zero-order chi connectivity index (χ0) is 11.4. The van der Waals surface area contributed by atoms with Gasteiger partial charge in [-0.1, -0.05) is 0 Å². The number of hydrogen-bond donors (Lipinski definition) is 4. The van der Waals surface area contributed by atoms with E-state index in [0.717, 1.165) is 2.73 Å². The standard InChI is InChI=1S/C3H2N3.C2H2N3.CH4N3.U/c1-4-2-6-3-5-1;1-2-4-5-3-1;2-1(3)4;/h1-2H;1H,(H,3,4,5);(H4-,2,3,4);/q;;-1;+1. The quantitative estimate of drug-likeness (QED) is 0.291. The average Bonchev–Trinajstić information content (AvgIpc) is 2.80. The van der Waals surface area contributed by atoms with Crippen molar-refractivity contribution in [3.63, 3.8) is 0 Å². The molecule has 2 heterocycles. The molecule has 0 aromatic carbocycles. The molecular weight excluding hydrogens is 436 g/mol. The van der Waals surface area contributed by atoms with Crippen LogP contribution >= 0.6 is 0 Å². The van der Waals surface area contributed by atoms with Crippen molar-refractivity contribution in [1.82, 2.24) is 33.0 Å². The molecule has 2 rings (SSSR count). The van der Waals surface area contributed by atoms with Crippen molar-refractivity contribution >= 4 is 11.5 Å². The van der Waals surface area contributed by atoms with Crippen LogP contribution in [0.2, 0.25) is 0 Å². The second-order valence-corrected chi connectivity index (χ2v) is 10.9. The number of aromatic nitrogens is 6. The van der Waals surface area contributed by atoms with Crippen LogP contribution in [-0.4, -0.2) is 36.3 Å². The molecule has 5 N–H and O–H groups in total. The van der Waals surface area contributed by atoms with E-state index in [1.165, 1.54) is 12.7 Å². The van der Waals surface area contributed by atoms with Gasteiger partial charge in [0.15, 0.2) is 0 Å². The van der Waals surface area contributed by atoms with Crippen molar-refractivity contribution in [1.29, 1.82) is 5.41 Å². The Bertz CT molecular complexity index is 454. The Kier molecular flexibility index (Phi) is 3.43. The third kappa shape index (κ3) is 2.53. The van der Waals surface area contributed by atoms with Crippen molar-refractivity contribution in [3.8, 4) is 0 Å². The number of nitrogens with two attached hydrogens (primary N) is 1. The summed E-state index contributed by atoms with van der Waals surface area (Å²) in [5.74, 6) is -0.102. The molecule has 16 heavy (non-hydrogen) atoms. The normalized spacial score (nSPS) is 9.75. The molecule has 10 heteroatoms. The molecule has 0 saturated carbocycles. The minimum absolute atomic E-state index is 0.102. The Morgan fingerprint density at radius 3 is 2.75 bits per heavy atom. The fourth-order valence-corrected chi connectivity index (χ4v) is 7.19. The van der Waals surface area contributed by atoms with Crippen LogP contribution in [0.3, 0.4) is 0 Å². The van der Waals surface area contributed by atoms with Gasteiger partial charge in [0, 0.05) is 0 Å². The van der Waals surface area contributed by atoms with E-state index in [2.05, 4.69) is 33.0 Å². The summed E-state index contributed by atoms with van der Waals surface area (Å²) in [6.07, 6.45) is 4.50. The molecule has 0 aliphatic heterocycles. The van der Waals surface area contributed by atoms with Gasteiger partial charge < -0.3 is 0 Å². The number of aromatic amines is 1. The molecule has 0 amide bonds. The first-order valence-corrected chi connectivity index (χ1v) is 10.5. The maximum absolute atomic E-state index is 7.27. The SMILES string of the molecule is N=C(N)[NH][U]([c]1c[nH]nn1)[c]1ncncn1. The molecular formula is C6H8N9U. The Labute approximate surface area is 101 Å². The van der Waals surface area contributed by atoms with E-state index in [-0.39, 0.29) is 5.96 Å². The summed E-state index contributed by atoms with van der Waals surface area (Å²) in [6.45, 7) is 0. The number of hydrogen-bond acceptors (Lipinski definition) is 6. The summed E-state index contributed by atoms with van der Waals surface area (Å²) < 4.78 is 4.31. The van der Waals surface area contributed by atoms with E-state index < -0.39 is 26.4 Å². The first-order valence-electron chi connectivity index (χ1n) is 4.24. The molecule has 0 radical (unpaired) electrons. The van der Waals surface area contributed by atoms with Gasteiger partial charge in [0.25, 0.3) is 0 Å². The predicted octanol–water partition coefficient (Wildman–Crippen LogP) is -3.04. The van der Waals surface area contributed by atoms with Gasteiger partial charge >= 0.3 is 101 Å². The van der Waals surface area contributed by atoms with Crippen molar-refractivity contribution in [2.75, 3.05) is 0 Å². The number of nitrogens with one attached hydrogen (secondary N) is 3. The van der Waals surface area contributed by atoms with E-state index in [4.69, 9.17) is 11.1 Å². The number of H-pyrrole nitrogens is 1. The summed E-state index contributed by atoms with van der Waals surface area (Å²) >= 11 is -2.94. The predicted molar refractivity (Wildman–Crippen MR) is 50.5 cm³/mol. The number of rotatable bonds is 3. The molecule has 81 valence electrons. The summed E-state index contributed by atoms with van der Waals surface area (Å²) in [7, 11) is 0. The second-order valence-electron chi connectivity index (χ2n) is 2.73. The Morgan fingerprint density at radius 2 is 2.19 bits per heavy atom. The van der Waals surface area contributed by atoms with E-state index in [9.17, 15) is 0 Å². The van der Waals surface area contributed by atoms with Crippen LogP contribution < -0.4 is 14.0 Å². The van der Waals surface area contributed by atoms with Gasteiger partial charge in [-0.2, -0.15) is 0 Å². The van der Waals surface area contributed by atoms with Crippen LogP contribution in [0.15, 0.2) is 18.9 Å². The Balaban J connectivity index is 2.32. The van der Waals surface area contributed by atoms with Crippen LogP contribution in [-0.2, 0) is 0 Å². The molecule has 2 aromatic rings. The van der Waals surface area contributed by atoms with E-state index in [0.29, 0.717) is 2.86 Å². The van der Waals surface area contributed by atoms with Crippen molar-refractivity contribution in [3.05, 3.63) is 18.9 Å². The van der Waals surface area contributed by atoms with Crippen LogP contribution in [0, 0.1) is 31.8 Å². The minimum atomic E-state index is -2.94. The van der Waals surface area contributed by atoms with Gasteiger partial charge in [0.2, 0.25) is 0 Å². The van der Waals surface area contributed by atoms with Crippen LogP contribution in [0.5, 0.6) is 0 Å². The van der Waals surface area contributed by atoms with Gasteiger partial charge in [-0.25, -0.2) is 0 Å². The average molecular weight is 444 g/mol. The van der Waals surface area contributed by atoms with Crippen LogP contribution in [0.4, 0.5) is 0 Å². The molecule has 0 fully saturated rings. The van der Waals surface area contributed by atoms with Gasteiger partial charge in [-0.15, -0.1) is 0 Å². The first kappa shape index (κ1) is 11.0. The number of guanidine groups is 1. The zero-order valence-electron chi connectivity index (χ0n) is 8.05. The van der Waals surface area contributed by atoms with Crippen molar-refractivity contribution in [2.45, 2.75) is 0 Å². The first-order chi connectivity index (χ1) is 7.77. The molecule has 0 bridgehead atoms. The van der Waals surface area contributed by atoms with Gasteiger partial charge in [0.05, 0.1) is 0 Å². The third-order valence-electron chi connectivity index (χ3n) is 1.65. The Hall–Kier alpha value is -1.53. The van der Waals surface area contributed by atoms with Crippen molar-refractivity contribution in [2.24, 2.45) is 5.73 Å². The molecule has 0 atom stereocenters. The Morgan fingerprint density at radius 1 is 1.44 bits per heavy atom. The van der Waals surface area contributed by atoms with Gasteiger partial charge in [-0.05, 0) is 0 Å². The van der Waals surface area contributed by atoms with Gasteiger partial charge in [0.1, 0.15) is 0 Å². The van der Waals surface area contributed by atoms with Gasteiger partial charge in [-0.3, -0.25) is 0 Å². The third-order valence-corrected chi connectivity index (χ3v) is 9.90. The molecule has 0 spiro atoms. The molecule has 9 nitrogen and oxygen atoms in total. The fraction of sp³-hybridized carbons (Fsp3) is 0. The second kappa shape index (κ2) is 5.00. The molecule has 0 aliphatic rings. The van der Waals surface area contributed by atoms with Crippen molar-refractivity contribution < 1.29 is 26.4 Å². The van der Waals surface area contributed by atoms with E-state index in [1.807, 2.05) is 0 Å². The topological polar surface area (TPSA) is 142 Å². The number of nitrogens with zero attached hydrogens (tertiary/aromatic N) is 5. The summed E-state index contributed by atoms with van der Waals surface area (Å²) in [6, 6.07) is 0. The molecule has 0 saturated heterocycles. The summed E-state index contributed by atoms with van der Waals surface area (Å²) in [5, 5.41) is 17.5. The molecule has 0 unspecified atom stereocenters. The zero-order valence-corrected chi connectivity index (χ0v) is 12.2.